The number of rotatable bonds is 3. The lowest BCUT2D eigenvalue weighted by molar-refractivity contribution is 0.289. The second-order valence-corrected chi connectivity index (χ2v) is 8.02. The number of nitrogens with zero attached hydrogens (tertiary/aromatic N) is 1. The fourth-order valence-corrected chi connectivity index (χ4v) is 4.35. The third-order valence-corrected chi connectivity index (χ3v) is 5.87. The second kappa shape index (κ2) is 8.55. The smallest absolute Gasteiger partial charge is 0.238 e. The van der Waals surface area contributed by atoms with Gasteiger partial charge in [0.1, 0.15) is 16.9 Å². The van der Waals surface area contributed by atoms with E-state index in [0.29, 0.717) is 12.1 Å². The molecule has 1 aliphatic heterocycles. The van der Waals surface area contributed by atoms with Crippen molar-refractivity contribution in [3.63, 3.8) is 0 Å². The summed E-state index contributed by atoms with van der Waals surface area (Å²) in [5.74, 6) is -0.632. The van der Waals surface area contributed by atoms with Crippen molar-refractivity contribution in [1.82, 2.24) is 4.90 Å². The summed E-state index contributed by atoms with van der Waals surface area (Å²) in [5, 5.41) is 50.1. The molecule has 0 unspecified atom stereocenters. The molecule has 1 saturated heterocycles. The minimum atomic E-state index is -0.859. The van der Waals surface area contributed by atoms with Crippen LogP contribution in [0.15, 0.2) is 33.5 Å². The molecule has 0 bridgehead atoms. The van der Waals surface area contributed by atoms with Crippen LogP contribution in [-0.2, 0) is 6.54 Å². The number of fused-ring (bicyclic) bond motifs is 1. The van der Waals surface area contributed by atoms with E-state index >= 15 is 0 Å². The van der Waals surface area contributed by atoms with E-state index in [-0.39, 0.29) is 46.2 Å². The van der Waals surface area contributed by atoms with Gasteiger partial charge in [-0.1, -0.05) is 0 Å². The predicted molar refractivity (Wildman–Crippen MR) is 116 cm³/mol. The Morgan fingerprint density at radius 2 is 1.63 bits per heavy atom. The van der Waals surface area contributed by atoms with Crippen molar-refractivity contribution >= 4 is 35.1 Å². The van der Waals surface area contributed by atoms with Crippen LogP contribution in [-0.4, -0.2) is 55.0 Å². The van der Waals surface area contributed by atoms with Crippen LogP contribution in [0.3, 0.4) is 0 Å². The maximum Gasteiger partial charge on any atom is 0.238 e. The first kappa shape index (κ1) is 21.9. The molecule has 0 spiro atoms. The Kier molecular flexibility index (Phi) is 6.25. The van der Waals surface area contributed by atoms with Crippen LogP contribution < -0.4 is 5.43 Å². The van der Waals surface area contributed by atoms with Crippen LogP contribution in [0.4, 0.5) is 0 Å². The lowest BCUT2D eigenvalue weighted by Gasteiger charge is -2.26. The SMILES string of the molecule is Cl.O=c1c(O)c(-c2ccc(O)c(O)c2)oc2c(CN3CCSCC3)c(O)cc(O)c12. The second-order valence-electron chi connectivity index (χ2n) is 6.80. The normalized spacial score (nSPS) is 14.5. The Morgan fingerprint density at radius 3 is 2.30 bits per heavy atom. The van der Waals surface area contributed by atoms with E-state index in [1.807, 2.05) is 11.8 Å². The van der Waals surface area contributed by atoms with Gasteiger partial charge in [-0.25, -0.2) is 0 Å². The number of hydrogen-bond donors (Lipinski definition) is 5. The van der Waals surface area contributed by atoms with Gasteiger partial charge in [0.15, 0.2) is 22.8 Å². The molecule has 160 valence electrons. The molecule has 1 aliphatic rings. The summed E-state index contributed by atoms with van der Waals surface area (Å²) in [6.45, 7) is 1.90. The number of phenolic OH excluding ortho intramolecular Hbond substituents is 4. The van der Waals surface area contributed by atoms with Crippen LogP contribution in [0.1, 0.15) is 5.56 Å². The van der Waals surface area contributed by atoms with Crippen molar-refractivity contribution in [2.24, 2.45) is 0 Å². The molecule has 2 aromatic carbocycles. The third-order valence-electron chi connectivity index (χ3n) is 4.92. The van der Waals surface area contributed by atoms with E-state index < -0.39 is 22.7 Å². The van der Waals surface area contributed by atoms with Crippen molar-refractivity contribution in [2.45, 2.75) is 6.54 Å². The highest BCUT2D eigenvalue weighted by Crippen LogP contribution is 2.40. The number of hydrogen-bond acceptors (Lipinski definition) is 9. The molecular weight excluding hydrogens is 434 g/mol. The topological polar surface area (TPSA) is 135 Å². The first-order valence-electron chi connectivity index (χ1n) is 8.93. The molecule has 1 fully saturated rings. The van der Waals surface area contributed by atoms with Gasteiger partial charge in [-0.3, -0.25) is 9.69 Å². The lowest BCUT2D eigenvalue weighted by atomic mass is 10.0. The number of aromatic hydroxyl groups is 5. The molecule has 0 radical (unpaired) electrons. The minimum absolute atomic E-state index is 0. The van der Waals surface area contributed by atoms with Crippen LogP contribution in [0.5, 0.6) is 28.7 Å². The Balaban J connectivity index is 0.00000256. The van der Waals surface area contributed by atoms with E-state index in [1.165, 1.54) is 12.1 Å². The number of phenols is 4. The standard InChI is InChI=1S/C20H19NO7S.ClH/c22-12-2-1-10(7-14(12)24)19-18(27)17(26)16-15(25)8-13(23)11(20(16)28-19)9-21-3-5-29-6-4-21;/h1-2,7-8,22-25,27H,3-6,9H2;1H. The number of thioether (sulfide) groups is 1. The Hall–Kier alpha value is -2.75. The first-order valence-corrected chi connectivity index (χ1v) is 10.1. The molecule has 0 amide bonds. The summed E-state index contributed by atoms with van der Waals surface area (Å²) >= 11 is 1.83. The molecule has 0 atom stereocenters. The van der Waals surface area contributed by atoms with Crippen LogP contribution >= 0.6 is 24.2 Å². The third kappa shape index (κ3) is 3.83. The summed E-state index contributed by atoms with van der Waals surface area (Å²) in [4.78, 5) is 14.9. The summed E-state index contributed by atoms with van der Waals surface area (Å²) in [5.41, 5.74) is -0.418. The van der Waals surface area contributed by atoms with Gasteiger partial charge in [-0.2, -0.15) is 11.8 Å². The number of benzene rings is 2. The van der Waals surface area contributed by atoms with Crippen molar-refractivity contribution < 1.29 is 29.9 Å². The van der Waals surface area contributed by atoms with Crippen molar-refractivity contribution in [2.75, 3.05) is 24.6 Å². The van der Waals surface area contributed by atoms with Gasteiger partial charge in [0, 0.05) is 42.8 Å². The highest BCUT2D eigenvalue weighted by molar-refractivity contribution is 7.99. The Labute approximate surface area is 181 Å². The van der Waals surface area contributed by atoms with Gasteiger partial charge >= 0.3 is 0 Å². The number of halogens is 1. The van der Waals surface area contributed by atoms with Gasteiger partial charge in [0.2, 0.25) is 11.2 Å². The molecule has 8 nitrogen and oxygen atoms in total. The fraction of sp³-hybridized carbons (Fsp3) is 0.250. The molecule has 0 aliphatic carbocycles. The van der Waals surface area contributed by atoms with Crippen molar-refractivity contribution in [1.29, 1.82) is 0 Å². The maximum absolute atomic E-state index is 12.8. The zero-order valence-corrected chi connectivity index (χ0v) is 17.3. The molecular formula is C20H20ClNO7S. The van der Waals surface area contributed by atoms with E-state index in [0.717, 1.165) is 36.7 Å². The van der Waals surface area contributed by atoms with Gasteiger partial charge in [0.25, 0.3) is 0 Å². The van der Waals surface area contributed by atoms with Crippen LogP contribution in [0, 0.1) is 0 Å². The zero-order valence-electron chi connectivity index (χ0n) is 15.7. The molecule has 2 heterocycles. The monoisotopic (exact) mass is 453 g/mol. The molecule has 4 rings (SSSR count). The van der Waals surface area contributed by atoms with Gasteiger partial charge < -0.3 is 29.9 Å². The average molecular weight is 454 g/mol. The van der Waals surface area contributed by atoms with E-state index in [2.05, 4.69) is 4.90 Å². The van der Waals surface area contributed by atoms with E-state index in [1.54, 1.807) is 0 Å². The van der Waals surface area contributed by atoms with E-state index in [4.69, 9.17) is 4.42 Å². The highest BCUT2D eigenvalue weighted by Gasteiger charge is 2.24. The molecule has 10 heteroatoms. The molecule has 0 saturated carbocycles. The maximum atomic E-state index is 12.8. The Bertz CT molecular complexity index is 1160. The molecule has 3 aromatic rings. The summed E-state index contributed by atoms with van der Waals surface area (Å²) in [6, 6.07) is 4.77. The Morgan fingerprint density at radius 1 is 0.933 bits per heavy atom. The highest BCUT2D eigenvalue weighted by atomic mass is 35.5. The van der Waals surface area contributed by atoms with Crippen molar-refractivity contribution in [3.8, 4) is 40.1 Å². The zero-order chi connectivity index (χ0) is 20.7. The van der Waals surface area contributed by atoms with Crippen LogP contribution in [0.2, 0.25) is 0 Å². The molecule has 30 heavy (non-hydrogen) atoms. The largest absolute Gasteiger partial charge is 0.507 e. The quantitative estimate of drug-likeness (QED) is 0.379. The van der Waals surface area contributed by atoms with E-state index in [9.17, 15) is 30.3 Å². The van der Waals surface area contributed by atoms with Gasteiger partial charge in [0.05, 0.1) is 5.56 Å². The summed E-state index contributed by atoms with van der Waals surface area (Å²) in [6.07, 6.45) is 0. The van der Waals surface area contributed by atoms with Crippen molar-refractivity contribution in [3.05, 3.63) is 40.1 Å². The minimum Gasteiger partial charge on any atom is -0.507 e. The summed E-state index contributed by atoms with van der Waals surface area (Å²) in [7, 11) is 0. The fourth-order valence-electron chi connectivity index (χ4n) is 3.37. The van der Waals surface area contributed by atoms with Crippen LogP contribution in [0.25, 0.3) is 22.3 Å². The summed E-state index contributed by atoms with van der Waals surface area (Å²) < 4.78 is 5.79. The first-order chi connectivity index (χ1) is 13.9. The van der Waals surface area contributed by atoms with Gasteiger partial charge in [-0.15, -0.1) is 12.4 Å². The molecule has 1 aromatic heterocycles. The average Bonchev–Trinajstić information content (AvgIpc) is 2.70. The lowest BCUT2D eigenvalue weighted by Crippen LogP contribution is -2.32. The van der Waals surface area contributed by atoms with Gasteiger partial charge in [-0.05, 0) is 18.2 Å². The molecule has 5 N–H and O–H groups in total. The predicted octanol–water partition coefficient (Wildman–Crippen LogP) is 2.96.